The van der Waals surface area contributed by atoms with Crippen molar-refractivity contribution >= 4 is 5.91 Å². The molecule has 0 spiro atoms. The van der Waals surface area contributed by atoms with Gasteiger partial charge >= 0.3 is 0 Å². The molecule has 1 amide bonds. The van der Waals surface area contributed by atoms with Crippen LogP contribution in [-0.4, -0.2) is 19.1 Å². The fourth-order valence-electron chi connectivity index (χ4n) is 2.04. The van der Waals surface area contributed by atoms with Crippen LogP contribution in [0.5, 0.6) is 0 Å². The van der Waals surface area contributed by atoms with Gasteiger partial charge in [0.25, 0.3) is 5.91 Å². The van der Waals surface area contributed by atoms with Gasteiger partial charge in [0.05, 0.1) is 13.2 Å². The molecule has 0 radical (unpaired) electrons. The summed E-state index contributed by atoms with van der Waals surface area (Å²) in [6.45, 7) is 3.29. The Kier molecular flexibility index (Phi) is 4.40. The van der Waals surface area contributed by atoms with E-state index in [1.54, 1.807) is 0 Å². The van der Waals surface area contributed by atoms with Crippen LogP contribution < -0.4 is 5.32 Å². The summed E-state index contributed by atoms with van der Waals surface area (Å²) in [7, 11) is 0. The largest absolute Gasteiger partial charge is 0.496 e. The zero-order valence-electron chi connectivity index (χ0n) is 10.7. The number of nitrogens with one attached hydrogen (secondary N) is 1. The van der Waals surface area contributed by atoms with Crippen LogP contribution >= 0.6 is 0 Å². The van der Waals surface area contributed by atoms with E-state index in [2.05, 4.69) is 18.3 Å². The number of carbonyl (C=O) groups excluding carboxylic acids is 1. The third-order valence-electron chi connectivity index (χ3n) is 3.07. The molecular formula is C15H19NO2. The van der Waals surface area contributed by atoms with Crippen LogP contribution in [0.3, 0.4) is 0 Å². The van der Waals surface area contributed by atoms with E-state index in [0.717, 1.165) is 42.8 Å². The molecule has 0 saturated carbocycles. The summed E-state index contributed by atoms with van der Waals surface area (Å²) in [5.41, 5.74) is 1.84. The van der Waals surface area contributed by atoms with Gasteiger partial charge in [-0.15, -0.1) is 0 Å². The first-order valence-corrected chi connectivity index (χ1v) is 6.49. The Labute approximate surface area is 108 Å². The number of benzene rings is 1. The van der Waals surface area contributed by atoms with E-state index in [4.69, 9.17) is 4.74 Å². The normalized spacial score (nSPS) is 14.6. The first-order chi connectivity index (χ1) is 8.81. The fraction of sp³-hybridized carbons (Fsp3) is 0.400. The van der Waals surface area contributed by atoms with Crippen molar-refractivity contribution in [3.8, 4) is 0 Å². The van der Waals surface area contributed by atoms with Gasteiger partial charge < -0.3 is 10.1 Å². The standard InChI is InChI=1S/C15H19NO2/c1-2-12-7-3-4-9-14(12)15(17)16-11-13-8-5-6-10-18-13/h3-4,7-9H,2,5-6,10-11H2,1H3,(H,16,17). The van der Waals surface area contributed by atoms with Crippen LogP contribution in [0.15, 0.2) is 36.1 Å². The molecule has 1 aromatic rings. The van der Waals surface area contributed by atoms with E-state index in [0.29, 0.717) is 6.54 Å². The summed E-state index contributed by atoms with van der Waals surface area (Å²) < 4.78 is 5.47. The molecule has 3 heteroatoms. The summed E-state index contributed by atoms with van der Waals surface area (Å²) in [4.78, 5) is 12.1. The zero-order valence-corrected chi connectivity index (χ0v) is 10.7. The molecule has 0 fully saturated rings. The molecule has 3 nitrogen and oxygen atoms in total. The van der Waals surface area contributed by atoms with E-state index in [9.17, 15) is 4.79 Å². The lowest BCUT2D eigenvalue weighted by Gasteiger charge is -2.16. The van der Waals surface area contributed by atoms with E-state index < -0.39 is 0 Å². The van der Waals surface area contributed by atoms with E-state index >= 15 is 0 Å². The summed E-state index contributed by atoms with van der Waals surface area (Å²) in [6, 6.07) is 7.71. The van der Waals surface area contributed by atoms with Gasteiger partial charge in [-0.3, -0.25) is 4.79 Å². The second kappa shape index (κ2) is 6.24. The monoisotopic (exact) mass is 245 g/mol. The highest BCUT2D eigenvalue weighted by atomic mass is 16.5. The fourth-order valence-corrected chi connectivity index (χ4v) is 2.04. The van der Waals surface area contributed by atoms with E-state index in [1.165, 1.54) is 0 Å². The van der Waals surface area contributed by atoms with Crippen LogP contribution in [0, 0.1) is 0 Å². The molecule has 2 rings (SSSR count). The predicted molar refractivity (Wildman–Crippen MR) is 71.4 cm³/mol. The summed E-state index contributed by atoms with van der Waals surface area (Å²) >= 11 is 0. The highest BCUT2D eigenvalue weighted by molar-refractivity contribution is 5.95. The summed E-state index contributed by atoms with van der Waals surface area (Å²) in [5, 5.41) is 2.91. The first-order valence-electron chi connectivity index (χ1n) is 6.49. The maximum atomic E-state index is 12.1. The average Bonchev–Trinajstić information content (AvgIpc) is 2.45. The Balaban J connectivity index is 1.97. The molecule has 1 N–H and O–H groups in total. The molecule has 18 heavy (non-hydrogen) atoms. The van der Waals surface area contributed by atoms with Crippen molar-refractivity contribution in [3.05, 3.63) is 47.2 Å². The third kappa shape index (κ3) is 3.13. The summed E-state index contributed by atoms with van der Waals surface area (Å²) in [6.07, 6.45) is 5.02. The topological polar surface area (TPSA) is 38.3 Å². The lowest BCUT2D eigenvalue weighted by molar-refractivity contribution is 0.0943. The Bertz CT molecular complexity index is 452. The second-order valence-corrected chi connectivity index (χ2v) is 4.35. The number of carbonyl (C=O) groups is 1. The number of hydrogen-bond acceptors (Lipinski definition) is 2. The van der Waals surface area contributed by atoms with Crippen LogP contribution in [0.1, 0.15) is 35.7 Å². The van der Waals surface area contributed by atoms with Gasteiger partial charge in [0.15, 0.2) is 0 Å². The Morgan fingerprint density at radius 2 is 2.22 bits per heavy atom. The average molecular weight is 245 g/mol. The van der Waals surface area contributed by atoms with Gasteiger partial charge in [-0.1, -0.05) is 25.1 Å². The molecule has 0 bridgehead atoms. The van der Waals surface area contributed by atoms with Crippen molar-refractivity contribution in [2.45, 2.75) is 26.2 Å². The molecule has 0 atom stereocenters. The Hall–Kier alpha value is -1.77. The minimum absolute atomic E-state index is 0.0254. The first kappa shape index (κ1) is 12.7. The number of rotatable bonds is 4. The molecular weight excluding hydrogens is 226 g/mol. The van der Waals surface area contributed by atoms with Gasteiger partial charge in [0.1, 0.15) is 5.76 Å². The minimum Gasteiger partial charge on any atom is -0.496 e. The quantitative estimate of drug-likeness (QED) is 0.885. The second-order valence-electron chi connectivity index (χ2n) is 4.35. The molecule has 1 aliphatic rings. The maximum Gasteiger partial charge on any atom is 0.251 e. The van der Waals surface area contributed by atoms with Gasteiger partial charge in [0.2, 0.25) is 0 Å². The highest BCUT2D eigenvalue weighted by Crippen LogP contribution is 2.11. The van der Waals surface area contributed by atoms with Gasteiger partial charge in [-0.05, 0) is 37.0 Å². The predicted octanol–water partition coefficient (Wildman–Crippen LogP) is 2.67. The van der Waals surface area contributed by atoms with Gasteiger partial charge in [-0.25, -0.2) is 0 Å². The molecule has 1 aliphatic heterocycles. The van der Waals surface area contributed by atoms with Crippen molar-refractivity contribution in [2.24, 2.45) is 0 Å². The van der Waals surface area contributed by atoms with Crippen molar-refractivity contribution in [1.29, 1.82) is 0 Å². The van der Waals surface area contributed by atoms with Crippen LogP contribution in [-0.2, 0) is 11.2 Å². The zero-order chi connectivity index (χ0) is 12.8. The molecule has 96 valence electrons. The van der Waals surface area contributed by atoms with Crippen LogP contribution in [0.4, 0.5) is 0 Å². The number of amides is 1. The molecule has 0 aliphatic carbocycles. The number of allylic oxidation sites excluding steroid dienone is 1. The molecule has 0 unspecified atom stereocenters. The highest BCUT2D eigenvalue weighted by Gasteiger charge is 2.11. The third-order valence-corrected chi connectivity index (χ3v) is 3.07. The Morgan fingerprint density at radius 3 is 2.94 bits per heavy atom. The molecule has 1 aromatic carbocycles. The van der Waals surface area contributed by atoms with Crippen LogP contribution in [0.25, 0.3) is 0 Å². The van der Waals surface area contributed by atoms with Crippen molar-refractivity contribution in [1.82, 2.24) is 5.32 Å². The lowest BCUT2D eigenvalue weighted by Crippen LogP contribution is -2.27. The summed E-state index contributed by atoms with van der Waals surface area (Å²) in [5.74, 6) is 0.853. The maximum absolute atomic E-state index is 12.1. The van der Waals surface area contributed by atoms with Crippen LogP contribution in [0.2, 0.25) is 0 Å². The van der Waals surface area contributed by atoms with E-state index in [1.807, 2.05) is 24.3 Å². The van der Waals surface area contributed by atoms with Crippen molar-refractivity contribution in [3.63, 3.8) is 0 Å². The van der Waals surface area contributed by atoms with E-state index in [-0.39, 0.29) is 5.91 Å². The smallest absolute Gasteiger partial charge is 0.251 e. The van der Waals surface area contributed by atoms with Gasteiger partial charge in [0, 0.05) is 5.56 Å². The number of ether oxygens (including phenoxy) is 1. The van der Waals surface area contributed by atoms with Gasteiger partial charge in [-0.2, -0.15) is 0 Å². The molecule has 0 aromatic heterocycles. The molecule has 1 heterocycles. The number of aryl methyl sites for hydroxylation is 1. The van der Waals surface area contributed by atoms with Crippen molar-refractivity contribution in [2.75, 3.05) is 13.2 Å². The number of hydrogen-bond donors (Lipinski definition) is 1. The molecule has 0 saturated heterocycles. The van der Waals surface area contributed by atoms with Crippen molar-refractivity contribution < 1.29 is 9.53 Å². The Morgan fingerprint density at radius 1 is 1.39 bits per heavy atom. The minimum atomic E-state index is -0.0254. The SMILES string of the molecule is CCc1ccccc1C(=O)NCC1=CCCCO1. The lowest BCUT2D eigenvalue weighted by atomic mass is 10.0.